The number of carboxylic acids is 1. The first-order valence-electron chi connectivity index (χ1n) is 14.1. The van der Waals surface area contributed by atoms with E-state index in [0.29, 0.717) is 45.9 Å². The monoisotopic (exact) mass is 597 g/mol. The molecule has 0 radical (unpaired) electrons. The van der Waals surface area contributed by atoms with Crippen LogP contribution >= 0.6 is 11.3 Å². The van der Waals surface area contributed by atoms with Crippen molar-refractivity contribution in [2.75, 3.05) is 31.8 Å². The molecule has 0 bridgehead atoms. The number of carbonyl (C=O) groups is 2. The standard InChI is InChI=1S/C30H35N3O8S/c1-17-23-26(34)33(18-14-30(2,15-18)28(35)36)29(37)32(27(23)42-24(17)25-31-10-13-40-25)16-22(41-19-8-11-39-12-9-19)20-6-4-5-7-21(20)38-3/h4-7,10,13,18-19,22,29,37H,8-9,11-12,14-16H2,1-3H3,(H,35,36)/t18?,22-,29?,30?/m0/s1. The summed E-state index contributed by atoms with van der Waals surface area (Å²) in [6.45, 7) is 4.94. The number of aliphatic hydroxyl groups excluding tert-OH is 1. The molecule has 4 heterocycles. The van der Waals surface area contributed by atoms with Gasteiger partial charge in [-0.15, -0.1) is 11.3 Å². The Morgan fingerprint density at radius 3 is 2.67 bits per heavy atom. The van der Waals surface area contributed by atoms with Gasteiger partial charge in [-0.3, -0.25) is 14.5 Å². The lowest BCUT2D eigenvalue weighted by Gasteiger charge is -2.52. The van der Waals surface area contributed by atoms with Gasteiger partial charge in [-0.1, -0.05) is 18.2 Å². The van der Waals surface area contributed by atoms with E-state index in [9.17, 15) is 19.8 Å². The van der Waals surface area contributed by atoms with Crippen molar-refractivity contribution >= 4 is 28.2 Å². The highest BCUT2D eigenvalue weighted by molar-refractivity contribution is 7.20. The number of methoxy groups -OCH3 is 1. The molecule has 1 saturated carbocycles. The maximum absolute atomic E-state index is 14.0. The van der Waals surface area contributed by atoms with Crippen LogP contribution in [0, 0.1) is 12.3 Å². The number of hydrogen-bond acceptors (Lipinski definition) is 10. The molecule has 0 spiro atoms. The molecular formula is C30H35N3O8S. The van der Waals surface area contributed by atoms with Crippen LogP contribution in [0.2, 0.25) is 0 Å². The third-order valence-corrected chi connectivity index (χ3v) is 9.96. The molecule has 1 amide bonds. The van der Waals surface area contributed by atoms with Crippen molar-refractivity contribution in [3.63, 3.8) is 0 Å². The van der Waals surface area contributed by atoms with Gasteiger partial charge in [-0.05, 0) is 51.2 Å². The Kier molecular flexibility index (Phi) is 7.73. The highest BCUT2D eigenvalue weighted by Crippen LogP contribution is 2.50. The molecule has 3 aromatic rings. The summed E-state index contributed by atoms with van der Waals surface area (Å²) in [6.07, 6.45) is 3.11. The topological polar surface area (TPSA) is 135 Å². The van der Waals surface area contributed by atoms with Gasteiger partial charge >= 0.3 is 5.97 Å². The van der Waals surface area contributed by atoms with E-state index in [0.717, 1.165) is 18.4 Å². The summed E-state index contributed by atoms with van der Waals surface area (Å²) in [5.41, 5.74) is 1.03. The van der Waals surface area contributed by atoms with Crippen molar-refractivity contribution in [2.24, 2.45) is 5.41 Å². The van der Waals surface area contributed by atoms with Crippen LogP contribution in [0.5, 0.6) is 5.75 Å². The van der Waals surface area contributed by atoms with Crippen molar-refractivity contribution in [3.8, 4) is 16.5 Å². The number of anilines is 1. The van der Waals surface area contributed by atoms with Crippen LogP contribution < -0.4 is 9.64 Å². The van der Waals surface area contributed by atoms with E-state index >= 15 is 0 Å². The van der Waals surface area contributed by atoms with Gasteiger partial charge in [-0.2, -0.15) is 0 Å². The molecule has 3 aliphatic rings. The Labute approximate surface area is 247 Å². The van der Waals surface area contributed by atoms with Gasteiger partial charge in [0.15, 0.2) is 0 Å². The van der Waals surface area contributed by atoms with Gasteiger partial charge < -0.3 is 33.7 Å². The fraction of sp³-hybridized carbons (Fsp3) is 0.500. The number of para-hydroxylation sites is 1. The van der Waals surface area contributed by atoms with E-state index in [1.54, 1.807) is 25.1 Å². The molecule has 1 aromatic carbocycles. The van der Waals surface area contributed by atoms with E-state index in [2.05, 4.69) is 4.98 Å². The number of benzene rings is 1. The lowest BCUT2D eigenvalue weighted by molar-refractivity contribution is -0.160. The maximum Gasteiger partial charge on any atom is 0.309 e. The molecular weight excluding hydrogens is 562 g/mol. The zero-order valence-corrected chi connectivity index (χ0v) is 24.6. The fourth-order valence-electron chi connectivity index (χ4n) is 6.23. The Hall–Kier alpha value is -3.45. The number of ether oxygens (including phenoxy) is 3. The number of oxazole rings is 1. The van der Waals surface area contributed by atoms with E-state index in [1.165, 1.54) is 22.5 Å². The van der Waals surface area contributed by atoms with Gasteiger partial charge in [0.25, 0.3) is 5.91 Å². The third kappa shape index (κ3) is 4.96. The van der Waals surface area contributed by atoms with E-state index in [-0.39, 0.29) is 31.4 Å². The number of rotatable bonds is 9. The smallest absolute Gasteiger partial charge is 0.309 e. The Balaban J connectivity index is 1.41. The predicted molar refractivity (Wildman–Crippen MR) is 154 cm³/mol. The number of aromatic nitrogens is 1. The lowest BCUT2D eigenvalue weighted by atomic mass is 9.66. The van der Waals surface area contributed by atoms with Crippen LogP contribution in [0.3, 0.4) is 0 Å². The first kappa shape index (κ1) is 28.7. The molecule has 1 saturated heterocycles. The summed E-state index contributed by atoms with van der Waals surface area (Å²) < 4.78 is 23.5. The molecule has 2 atom stereocenters. The van der Waals surface area contributed by atoms with Crippen LogP contribution in [0.25, 0.3) is 10.8 Å². The molecule has 1 unspecified atom stereocenters. The summed E-state index contributed by atoms with van der Waals surface area (Å²) in [7, 11) is 1.61. The quantitative estimate of drug-likeness (QED) is 0.364. The number of carbonyl (C=O) groups excluding carboxylic acids is 1. The molecule has 42 heavy (non-hydrogen) atoms. The summed E-state index contributed by atoms with van der Waals surface area (Å²) in [4.78, 5) is 34.1. The minimum absolute atomic E-state index is 0.0522. The summed E-state index contributed by atoms with van der Waals surface area (Å²) >= 11 is 1.33. The molecule has 2 N–H and O–H groups in total. The first-order valence-corrected chi connectivity index (χ1v) is 14.9. The molecule has 12 heteroatoms. The second kappa shape index (κ2) is 11.3. The molecule has 2 aliphatic heterocycles. The fourth-order valence-corrected chi connectivity index (χ4v) is 7.50. The summed E-state index contributed by atoms with van der Waals surface area (Å²) in [5.74, 6) is -0.193. The molecule has 2 aromatic heterocycles. The zero-order valence-electron chi connectivity index (χ0n) is 23.8. The average molecular weight is 598 g/mol. The second-order valence-electron chi connectivity index (χ2n) is 11.4. The van der Waals surface area contributed by atoms with Gasteiger partial charge in [0.05, 0.1) is 41.8 Å². The molecule has 1 aliphatic carbocycles. The van der Waals surface area contributed by atoms with Crippen molar-refractivity contribution in [1.82, 2.24) is 9.88 Å². The van der Waals surface area contributed by atoms with Crippen molar-refractivity contribution in [2.45, 2.75) is 64.1 Å². The van der Waals surface area contributed by atoms with Gasteiger partial charge in [-0.25, -0.2) is 4.98 Å². The normalized spacial score (nSPS) is 25.2. The number of aliphatic hydroxyl groups is 1. The number of hydrogen-bond donors (Lipinski definition) is 2. The number of amides is 1. The maximum atomic E-state index is 14.0. The molecule has 6 rings (SSSR count). The zero-order chi connectivity index (χ0) is 29.6. The summed E-state index contributed by atoms with van der Waals surface area (Å²) in [5, 5.41) is 22.2. The predicted octanol–water partition coefficient (Wildman–Crippen LogP) is 4.45. The van der Waals surface area contributed by atoms with Gasteiger partial charge in [0, 0.05) is 24.8 Å². The Morgan fingerprint density at radius 2 is 2.00 bits per heavy atom. The SMILES string of the molecule is COc1ccccc1[C@H](CN1c2sc(-c3ncco3)c(C)c2C(=O)N(C2CC(C)(C(=O)O)C2)C1O)OC1CCOCC1. The number of nitrogens with zero attached hydrogens (tertiary/aromatic N) is 3. The van der Waals surface area contributed by atoms with E-state index in [1.807, 2.05) is 31.2 Å². The highest BCUT2D eigenvalue weighted by Gasteiger charge is 2.54. The average Bonchev–Trinajstić information content (AvgIpc) is 3.62. The second-order valence-corrected chi connectivity index (χ2v) is 12.4. The van der Waals surface area contributed by atoms with Crippen LogP contribution in [0.1, 0.15) is 60.2 Å². The lowest BCUT2D eigenvalue weighted by Crippen LogP contribution is -2.64. The summed E-state index contributed by atoms with van der Waals surface area (Å²) in [6, 6.07) is 7.20. The number of carboxylic acid groups (broad SMARTS) is 1. The van der Waals surface area contributed by atoms with Crippen molar-refractivity contribution < 1.29 is 38.4 Å². The van der Waals surface area contributed by atoms with Crippen LogP contribution in [-0.2, 0) is 14.3 Å². The van der Waals surface area contributed by atoms with Crippen LogP contribution in [0.15, 0.2) is 41.1 Å². The van der Waals surface area contributed by atoms with Crippen LogP contribution in [-0.4, -0.2) is 77.3 Å². The minimum Gasteiger partial charge on any atom is -0.496 e. The van der Waals surface area contributed by atoms with Gasteiger partial charge in [0.1, 0.15) is 23.1 Å². The first-order chi connectivity index (χ1) is 20.2. The Bertz CT molecular complexity index is 1440. The number of fused-ring (bicyclic) bond motifs is 1. The molecule has 11 nitrogen and oxygen atoms in total. The molecule has 2 fully saturated rings. The Morgan fingerprint density at radius 1 is 1.26 bits per heavy atom. The molecule has 224 valence electrons. The van der Waals surface area contributed by atoms with E-state index < -0.39 is 29.9 Å². The minimum atomic E-state index is -1.33. The van der Waals surface area contributed by atoms with Crippen molar-refractivity contribution in [3.05, 3.63) is 53.4 Å². The largest absolute Gasteiger partial charge is 0.496 e. The third-order valence-electron chi connectivity index (χ3n) is 8.65. The van der Waals surface area contributed by atoms with Crippen molar-refractivity contribution in [1.29, 1.82) is 0 Å². The number of thiophene rings is 1. The van der Waals surface area contributed by atoms with Crippen LogP contribution in [0.4, 0.5) is 5.00 Å². The van der Waals surface area contributed by atoms with E-state index in [4.69, 9.17) is 18.6 Å². The van der Waals surface area contributed by atoms with Gasteiger partial charge in [0.2, 0.25) is 12.2 Å². The number of aliphatic carboxylic acids is 1. The highest BCUT2D eigenvalue weighted by atomic mass is 32.1.